The Labute approximate surface area is 295 Å². The molecule has 3 aromatic carbocycles. The fourth-order valence-corrected chi connectivity index (χ4v) is 6.98. The number of nitrogens with two attached hydrogens (primary N) is 1. The van der Waals surface area contributed by atoms with Crippen molar-refractivity contribution in [2.24, 2.45) is 11.1 Å². The van der Waals surface area contributed by atoms with Crippen LogP contribution in [0.25, 0.3) is 0 Å². The molecule has 0 atom stereocenters. The number of carbonyl (C=O) groups is 1. The van der Waals surface area contributed by atoms with Crippen molar-refractivity contribution in [3.63, 3.8) is 0 Å². The van der Waals surface area contributed by atoms with Crippen molar-refractivity contribution < 1.29 is 28.5 Å². The zero-order valence-corrected chi connectivity index (χ0v) is 30.5. The molecule has 0 saturated heterocycles. The van der Waals surface area contributed by atoms with Gasteiger partial charge < -0.3 is 34.7 Å². The molecule has 0 aliphatic rings. The normalized spacial score (nSPS) is 11.9. The predicted molar refractivity (Wildman–Crippen MR) is 197 cm³/mol. The molecule has 0 fully saturated rings. The molecule has 0 spiro atoms. The molecule has 1 amide bonds. The molecule has 3 N–H and O–H groups in total. The van der Waals surface area contributed by atoms with E-state index in [1.807, 2.05) is 24.3 Å². The second kappa shape index (κ2) is 23.1. The van der Waals surface area contributed by atoms with E-state index in [2.05, 4.69) is 86.8 Å². The molecule has 0 bridgehead atoms. The quantitative estimate of drug-likeness (QED) is 0.0559. The van der Waals surface area contributed by atoms with Crippen molar-refractivity contribution in [2.75, 3.05) is 71.9 Å². The van der Waals surface area contributed by atoms with E-state index in [1.165, 1.54) is 11.1 Å². The lowest BCUT2D eigenvalue weighted by atomic mass is 9.68. The second-order valence-electron chi connectivity index (χ2n) is 12.2. The summed E-state index contributed by atoms with van der Waals surface area (Å²) >= 11 is 0. The first-order chi connectivity index (χ1) is 23.4. The van der Waals surface area contributed by atoms with E-state index in [1.54, 1.807) is 21.6 Å². The molecule has 0 radical (unpaired) electrons. The largest absolute Gasteiger partial charge is 0.378 e. The minimum absolute atomic E-state index is 0.0234. The highest BCUT2D eigenvalue weighted by Crippen LogP contribution is 2.48. The number of benzene rings is 3. The number of hydrogen-bond donors (Lipinski definition) is 2. The van der Waals surface area contributed by atoms with Crippen LogP contribution in [0.2, 0.25) is 0 Å². The van der Waals surface area contributed by atoms with Crippen LogP contribution in [-0.2, 0) is 40.5 Å². The lowest BCUT2D eigenvalue weighted by molar-refractivity contribution is -0.120. The third-order valence-electron chi connectivity index (χ3n) is 7.57. The lowest BCUT2D eigenvalue weighted by Gasteiger charge is -2.45. The molecule has 0 heterocycles. The van der Waals surface area contributed by atoms with E-state index in [-0.39, 0.29) is 11.3 Å². The maximum Gasteiger partial charge on any atom is 0.224 e. The van der Waals surface area contributed by atoms with Gasteiger partial charge in [-0.2, -0.15) is 0 Å². The Morgan fingerprint density at radius 1 is 0.688 bits per heavy atom. The van der Waals surface area contributed by atoms with Crippen molar-refractivity contribution in [3.8, 4) is 0 Å². The molecule has 8 nitrogen and oxygen atoms in total. The molecule has 48 heavy (non-hydrogen) atoms. The van der Waals surface area contributed by atoms with E-state index in [0.29, 0.717) is 78.3 Å². The van der Waals surface area contributed by atoms with Crippen LogP contribution in [0.5, 0.6) is 0 Å². The smallest absolute Gasteiger partial charge is 0.224 e. The van der Waals surface area contributed by atoms with Crippen LogP contribution in [0.3, 0.4) is 0 Å². The minimum Gasteiger partial charge on any atom is -0.378 e. The predicted octanol–water partition coefficient (Wildman–Crippen LogP) is 6.85. The summed E-state index contributed by atoms with van der Waals surface area (Å²) in [6.07, 6.45) is 2.18. The minimum atomic E-state index is -0.547. The van der Waals surface area contributed by atoms with Gasteiger partial charge in [-0.3, -0.25) is 4.79 Å². The van der Waals surface area contributed by atoms with Crippen molar-refractivity contribution in [3.05, 3.63) is 102 Å². The Morgan fingerprint density at radius 2 is 1.25 bits per heavy atom. The van der Waals surface area contributed by atoms with Gasteiger partial charge in [0.15, 0.2) is 0 Å². The maximum atomic E-state index is 12.3. The van der Waals surface area contributed by atoms with Gasteiger partial charge in [0.2, 0.25) is 5.91 Å². The number of amides is 1. The highest BCUT2D eigenvalue weighted by molar-refractivity contribution is 8.76. The zero-order valence-electron chi connectivity index (χ0n) is 28.8. The Kier molecular flexibility index (Phi) is 19.2. The fourth-order valence-electron chi connectivity index (χ4n) is 5.28. The highest BCUT2D eigenvalue weighted by Gasteiger charge is 2.46. The number of hydrogen-bond acceptors (Lipinski definition) is 9. The summed E-state index contributed by atoms with van der Waals surface area (Å²) in [7, 11) is 3.34. The molecule has 10 heteroatoms. The Morgan fingerprint density at radius 3 is 1.83 bits per heavy atom. The molecular formula is C38H54N2O6S2. The summed E-state index contributed by atoms with van der Waals surface area (Å²) in [5, 5.41) is 2.90. The standard InChI is InChI=1S/C38H54N2O6S2/c1-37(2,3)38(33-12-6-4-7-13-33,34-14-8-5-9-15-34)46-23-11-10-22-45-31-47-48-35-18-16-32(17-19-35)30-36(41)40-21-25-43-27-29-44-28-26-42-24-20-39/h4-9,12-19H,10-11,20-31,39H2,1-3H3,(H,40,41). The molecule has 0 aliphatic heterocycles. The molecule has 0 aliphatic carbocycles. The van der Waals surface area contributed by atoms with Gasteiger partial charge in [-0.25, -0.2) is 0 Å². The van der Waals surface area contributed by atoms with E-state index >= 15 is 0 Å². The lowest BCUT2D eigenvalue weighted by Crippen LogP contribution is -2.44. The van der Waals surface area contributed by atoms with Gasteiger partial charge in [-0.1, -0.05) is 115 Å². The Bertz CT molecular complexity index is 1220. The number of ether oxygens (including phenoxy) is 5. The number of carbonyl (C=O) groups excluding carboxylic acids is 1. The first-order valence-electron chi connectivity index (χ1n) is 16.8. The summed E-state index contributed by atoms with van der Waals surface area (Å²) in [4.78, 5) is 13.4. The molecule has 264 valence electrons. The number of unbranched alkanes of at least 4 members (excludes halogenated alkanes) is 1. The van der Waals surface area contributed by atoms with Gasteiger partial charge in [0.05, 0.1) is 46.1 Å². The SMILES string of the molecule is CC(C)(C)C(OCCCCOCSSc1ccc(CC(=O)NCCOCCOCCOCCN)cc1)(c1ccccc1)c1ccccc1. The van der Waals surface area contributed by atoms with Gasteiger partial charge in [-0.15, -0.1) is 0 Å². The molecule has 0 aromatic heterocycles. The van der Waals surface area contributed by atoms with Crippen molar-refractivity contribution in [2.45, 2.75) is 50.5 Å². The zero-order chi connectivity index (χ0) is 34.3. The van der Waals surface area contributed by atoms with Crippen LogP contribution in [0.15, 0.2) is 89.8 Å². The number of nitrogens with one attached hydrogen (secondary N) is 1. The van der Waals surface area contributed by atoms with Crippen LogP contribution < -0.4 is 11.1 Å². The monoisotopic (exact) mass is 698 g/mol. The summed E-state index contributed by atoms with van der Waals surface area (Å²) in [6, 6.07) is 29.2. The maximum absolute atomic E-state index is 12.3. The molecule has 3 rings (SSSR count). The Hall–Kier alpha value is -2.41. The van der Waals surface area contributed by atoms with E-state index in [4.69, 9.17) is 29.4 Å². The van der Waals surface area contributed by atoms with Gasteiger partial charge in [0.25, 0.3) is 0 Å². The third-order valence-corrected chi connectivity index (χ3v) is 9.63. The van der Waals surface area contributed by atoms with Gasteiger partial charge in [0, 0.05) is 31.2 Å². The topological polar surface area (TPSA) is 101 Å². The fraction of sp³-hybridized carbons (Fsp3) is 0.500. The Balaban J connectivity index is 1.26. The summed E-state index contributed by atoms with van der Waals surface area (Å²) in [6.45, 7) is 12.1. The summed E-state index contributed by atoms with van der Waals surface area (Å²) < 4.78 is 28.9. The first-order valence-corrected chi connectivity index (χ1v) is 19.1. The van der Waals surface area contributed by atoms with E-state index in [0.717, 1.165) is 23.3 Å². The van der Waals surface area contributed by atoms with Crippen LogP contribution in [0, 0.1) is 5.41 Å². The van der Waals surface area contributed by atoms with E-state index in [9.17, 15) is 4.79 Å². The molecule has 3 aromatic rings. The second-order valence-corrected chi connectivity index (χ2v) is 14.6. The van der Waals surface area contributed by atoms with Crippen LogP contribution in [0.1, 0.15) is 50.3 Å². The van der Waals surface area contributed by atoms with Crippen LogP contribution in [0.4, 0.5) is 0 Å². The van der Waals surface area contributed by atoms with E-state index < -0.39 is 5.60 Å². The molecular weight excluding hydrogens is 645 g/mol. The van der Waals surface area contributed by atoms with Gasteiger partial charge in [-0.05, 0) is 47.1 Å². The van der Waals surface area contributed by atoms with Crippen LogP contribution in [-0.4, -0.2) is 77.8 Å². The molecule has 0 saturated carbocycles. The first kappa shape index (κ1) is 40.0. The van der Waals surface area contributed by atoms with Crippen molar-refractivity contribution in [1.29, 1.82) is 0 Å². The number of rotatable bonds is 25. The molecule has 0 unspecified atom stereocenters. The van der Waals surface area contributed by atoms with Crippen molar-refractivity contribution >= 4 is 27.5 Å². The van der Waals surface area contributed by atoms with Gasteiger partial charge in [0.1, 0.15) is 11.5 Å². The highest BCUT2D eigenvalue weighted by atomic mass is 33.1. The summed E-state index contributed by atoms with van der Waals surface area (Å²) in [5.41, 5.74) is 7.97. The average molecular weight is 699 g/mol. The summed E-state index contributed by atoms with van der Waals surface area (Å²) in [5.74, 6) is 0.581. The third kappa shape index (κ3) is 14.2. The average Bonchev–Trinajstić information content (AvgIpc) is 3.09. The van der Waals surface area contributed by atoms with Gasteiger partial charge >= 0.3 is 0 Å². The van der Waals surface area contributed by atoms with Crippen molar-refractivity contribution in [1.82, 2.24) is 5.32 Å². The van der Waals surface area contributed by atoms with Crippen LogP contribution >= 0.6 is 21.6 Å².